The van der Waals surface area contributed by atoms with Gasteiger partial charge in [0, 0.05) is 12.4 Å². The van der Waals surface area contributed by atoms with Gasteiger partial charge in [-0.25, -0.2) is 4.68 Å². The molecule has 1 amide bonds. The number of benzene rings is 1. The van der Waals surface area contributed by atoms with Gasteiger partial charge in [-0.2, -0.15) is 15.3 Å². The lowest BCUT2D eigenvalue weighted by Gasteiger charge is -2.05. The molecule has 0 bridgehead atoms. The molecule has 4 aromatic rings. The molecular formula is C20H17Cl4N7O. The van der Waals surface area contributed by atoms with Gasteiger partial charge in [-0.15, -0.1) is 0 Å². The fourth-order valence-corrected chi connectivity index (χ4v) is 3.72. The van der Waals surface area contributed by atoms with Gasteiger partial charge < -0.3 is 5.32 Å². The van der Waals surface area contributed by atoms with Gasteiger partial charge in [0.2, 0.25) is 0 Å². The first-order valence-corrected chi connectivity index (χ1v) is 10.9. The zero-order chi connectivity index (χ0) is 23.0. The number of nitrogens with one attached hydrogen (secondary N) is 1. The third-order valence-corrected chi connectivity index (χ3v) is 6.29. The normalized spacial score (nSPS) is 11.2. The maximum Gasteiger partial charge on any atom is 0.277 e. The number of aromatic nitrogens is 6. The highest BCUT2D eigenvalue weighted by molar-refractivity contribution is 6.42. The average molecular weight is 513 g/mol. The molecule has 0 saturated carbocycles. The van der Waals surface area contributed by atoms with Crippen LogP contribution in [0.25, 0.3) is 0 Å². The first kappa shape index (κ1) is 22.7. The van der Waals surface area contributed by atoms with Crippen molar-refractivity contribution >= 4 is 58.1 Å². The van der Waals surface area contributed by atoms with Crippen LogP contribution < -0.4 is 5.32 Å². The number of nitrogens with zero attached hydrogens (tertiary/aromatic N) is 6. The van der Waals surface area contributed by atoms with Crippen LogP contribution in [0, 0.1) is 13.8 Å². The molecule has 0 aliphatic heterocycles. The van der Waals surface area contributed by atoms with Crippen LogP contribution in [0.4, 0.5) is 5.82 Å². The number of hydrogen-bond acceptors (Lipinski definition) is 4. The smallest absolute Gasteiger partial charge is 0.277 e. The number of carbonyl (C=O) groups is 1. The molecule has 1 N–H and O–H groups in total. The van der Waals surface area contributed by atoms with E-state index in [1.54, 1.807) is 44.6 Å². The van der Waals surface area contributed by atoms with Crippen molar-refractivity contribution in [1.29, 1.82) is 0 Å². The minimum atomic E-state index is -0.433. The fraction of sp³-hybridized carbons (Fsp3) is 0.200. The predicted octanol–water partition coefficient (Wildman–Crippen LogP) is 5.31. The molecule has 12 heteroatoms. The number of halogens is 4. The molecule has 1 aromatic carbocycles. The number of rotatable bonds is 6. The second-order valence-corrected chi connectivity index (χ2v) is 8.69. The van der Waals surface area contributed by atoms with E-state index in [1.807, 2.05) is 19.9 Å². The molecule has 166 valence electrons. The average Bonchev–Trinajstić information content (AvgIpc) is 3.41. The van der Waals surface area contributed by atoms with Crippen LogP contribution in [0.2, 0.25) is 20.1 Å². The molecule has 0 aliphatic carbocycles. The van der Waals surface area contributed by atoms with Gasteiger partial charge in [-0.1, -0.05) is 52.5 Å². The molecule has 3 aromatic heterocycles. The molecule has 0 aliphatic rings. The van der Waals surface area contributed by atoms with Crippen molar-refractivity contribution in [2.24, 2.45) is 0 Å². The summed E-state index contributed by atoms with van der Waals surface area (Å²) in [4.78, 5) is 12.6. The third-order valence-electron chi connectivity index (χ3n) is 4.72. The van der Waals surface area contributed by atoms with Gasteiger partial charge >= 0.3 is 0 Å². The Morgan fingerprint density at radius 3 is 2.44 bits per heavy atom. The lowest BCUT2D eigenvalue weighted by atomic mass is 10.2. The van der Waals surface area contributed by atoms with Gasteiger partial charge in [0.25, 0.3) is 5.91 Å². The summed E-state index contributed by atoms with van der Waals surface area (Å²) in [5, 5.41) is 17.5. The van der Waals surface area contributed by atoms with Crippen molar-refractivity contribution in [3.63, 3.8) is 0 Å². The van der Waals surface area contributed by atoms with Crippen molar-refractivity contribution < 1.29 is 4.79 Å². The highest BCUT2D eigenvalue weighted by Crippen LogP contribution is 2.25. The van der Waals surface area contributed by atoms with E-state index in [-0.39, 0.29) is 11.5 Å². The van der Waals surface area contributed by atoms with E-state index in [1.165, 1.54) is 0 Å². The van der Waals surface area contributed by atoms with Crippen molar-refractivity contribution in [2.45, 2.75) is 27.1 Å². The molecular weight excluding hydrogens is 496 g/mol. The quantitative estimate of drug-likeness (QED) is 0.379. The van der Waals surface area contributed by atoms with E-state index in [0.29, 0.717) is 33.3 Å². The number of hydrogen-bond donors (Lipinski definition) is 1. The minimum Gasteiger partial charge on any atom is -0.302 e. The van der Waals surface area contributed by atoms with E-state index >= 15 is 0 Å². The molecule has 3 heterocycles. The van der Waals surface area contributed by atoms with Crippen LogP contribution in [0.1, 0.15) is 27.4 Å². The first-order valence-electron chi connectivity index (χ1n) is 9.42. The van der Waals surface area contributed by atoms with E-state index in [0.717, 1.165) is 17.0 Å². The largest absolute Gasteiger partial charge is 0.302 e. The second kappa shape index (κ2) is 9.15. The van der Waals surface area contributed by atoms with Crippen LogP contribution in [0.3, 0.4) is 0 Å². The van der Waals surface area contributed by atoms with Crippen LogP contribution in [0.5, 0.6) is 0 Å². The van der Waals surface area contributed by atoms with Crippen molar-refractivity contribution in [2.75, 3.05) is 5.32 Å². The summed E-state index contributed by atoms with van der Waals surface area (Å²) in [7, 11) is 0. The molecule has 0 radical (unpaired) electrons. The van der Waals surface area contributed by atoms with Crippen molar-refractivity contribution in [1.82, 2.24) is 29.3 Å². The van der Waals surface area contributed by atoms with Gasteiger partial charge in [-0.3, -0.25) is 14.2 Å². The molecule has 0 atom stereocenters. The van der Waals surface area contributed by atoms with E-state index < -0.39 is 5.91 Å². The summed E-state index contributed by atoms with van der Waals surface area (Å²) in [6, 6.07) is 6.90. The number of carbonyl (C=O) groups excluding carboxylic acids is 1. The Morgan fingerprint density at radius 1 is 0.969 bits per heavy atom. The Hall–Kier alpha value is -2.52. The Morgan fingerprint density at radius 2 is 1.75 bits per heavy atom. The van der Waals surface area contributed by atoms with Gasteiger partial charge in [-0.05, 0) is 37.6 Å². The molecule has 0 saturated heterocycles. The summed E-state index contributed by atoms with van der Waals surface area (Å²) >= 11 is 24.4. The van der Waals surface area contributed by atoms with Crippen LogP contribution in [-0.4, -0.2) is 35.2 Å². The van der Waals surface area contributed by atoms with Crippen LogP contribution in [-0.2, 0) is 13.2 Å². The lowest BCUT2D eigenvalue weighted by Crippen LogP contribution is -2.16. The highest BCUT2D eigenvalue weighted by atomic mass is 35.5. The molecule has 4 rings (SSSR count). The second-order valence-electron chi connectivity index (χ2n) is 7.09. The summed E-state index contributed by atoms with van der Waals surface area (Å²) in [6.45, 7) is 4.44. The summed E-state index contributed by atoms with van der Waals surface area (Å²) < 4.78 is 4.91. The minimum absolute atomic E-state index is 0.215. The maximum atomic E-state index is 12.6. The number of amides is 1. The standard InChI is InChI=1S/C20H17Cl4N7O/c1-11-18(24)12(2)31(26-11)10-29-6-5-17(27-29)20(32)25-19-16(23)9-30(28-19)8-13-3-4-14(21)15(22)7-13/h3-7,9H,8,10H2,1-2H3,(H,25,28,32). The maximum absolute atomic E-state index is 12.6. The SMILES string of the molecule is Cc1nn(Cn2ccc(C(=O)Nc3nn(Cc4ccc(Cl)c(Cl)c4)cc3Cl)n2)c(C)c1Cl. The monoisotopic (exact) mass is 511 g/mol. The van der Waals surface area contributed by atoms with Gasteiger partial charge in [0.15, 0.2) is 11.5 Å². The van der Waals surface area contributed by atoms with Crippen LogP contribution >= 0.6 is 46.4 Å². The summed E-state index contributed by atoms with van der Waals surface area (Å²) in [5.41, 5.74) is 2.66. The summed E-state index contributed by atoms with van der Waals surface area (Å²) in [6.07, 6.45) is 3.30. The zero-order valence-electron chi connectivity index (χ0n) is 17.0. The molecule has 0 fully saturated rings. The first-order chi connectivity index (χ1) is 15.2. The Labute approximate surface area is 203 Å². The Kier molecular flexibility index (Phi) is 6.48. The molecule has 8 nitrogen and oxygen atoms in total. The van der Waals surface area contributed by atoms with Crippen LogP contribution in [0.15, 0.2) is 36.7 Å². The molecule has 32 heavy (non-hydrogen) atoms. The van der Waals surface area contributed by atoms with Crippen molar-refractivity contribution in [3.05, 3.63) is 79.4 Å². The van der Waals surface area contributed by atoms with E-state index in [2.05, 4.69) is 20.6 Å². The zero-order valence-corrected chi connectivity index (χ0v) is 20.0. The number of anilines is 1. The van der Waals surface area contributed by atoms with E-state index in [9.17, 15) is 4.79 Å². The highest BCUT2D eigenvalue weighted by Gasteiger charge is 2.16. The Bertz CT molecular complexity index is 1310. The number of aryl methyl sites for hydroxylation is 1. The molecule has 0 unspecified atom stereocenters. The topological polar surface area (TPSA) is 82.6 Å². The van der Waals surface area contributed by atoms with Gasteiger partial charge in [0.1, 0.15) is 11.7 Å². The lowest BCUT2D eigenvalue weighted by molar-refractivity contribution is 0.102. The third kappa shape index (κ3) is 4.78. The predicted molar refractivity (Wildman–Crippen MR) is 125 cm³/mol. The molecule has 0 spiro atoms. The Balaban J connectivity index is 1.44. The van der Waals surface area contributed by atoms with Crippen molar-refractivity contribution in [3.8, 4) is 0 Å². The fourth-order valence-electron chi connectivity index (χ4n) is 3.07. The summed E-state index contributed by atoms with van der Waals surface area (Å²) in [5.74, 6) is -0.201. The van der Waals surface area contributed by atoms with E-state index in [4.69, 9.17) is 46.4 Å². The van der Waals surface area contributed by atoms with Gasteiger partial charge in [0.05, 0.1) is 33.0 Å².